The number of hydrogen-bond acceptors (Lipinski definition) is 2. The lowest BCUT2D eigenvalue weighted by Crippen LogP contribution is -2.22. The Balaban J connectivity index is 1.78. The maximum absolute atomic E-state index is 12.6. The van der Waals surface area contributed by atoms with Crippen LogP contribution in [0.3, 0.4) is 0 Å². The monoisotopic (exact) mass is 274 g/mol. The second-order valence-corrected chi connectivity index (χ2v) is 5.43. The maximum atomic E-state index is 12.6. The summed E-state index contributed by atoms with van der Waals surface area (Å²) in [7, 11) is 0. The number of pyridine rings is 1. The van der Waals surface area contributed by atoms with E-state index in [1.165, 1.54) is 0 Å². The van der Waals surface area contributed by atoms with Gasteiger partial charge in [-0.15, -0.1) is 0 Å². The minimum Gasteiger partial charge on any atom is -0.304 e. The summed E-state index contributed by atoms with van der Waals surface area (Å²) in [6.07, 6.45) is 1.77. The molecule has 0 fully saturated rings. The fourth-order valence-corrected chi connectivity index (χ4v) is 2.85. The number of benzene rings is 2. The van der Waals surface area contributed by atoms with Gasteiger partial charge in [0.2, 0.25) is 0 Å². The van der Waals surface area contributed by atoms with Gasteiger partial charge in [-0.3, -0.25) is 9.78 Å². The zero-order chi connectivity index (χ0) is 14.4. The Morgan fingerprint density at radius 1 is 1.10 bits per heavy atom. The molecule has 2 heterocycles. The van der Waals surface area contributed by atoms with Gasteiger partial charge in [-0.2, -0.15) is 0 Å². The molecule has 3 heteroatoms. The molecule has 4 rings (SSSR count). The summed E-state index contributed by atoms with van der Waals surface area (Å²) in [6, 6.07) is 16.0. The maximum Gasteiger partial charge on any atom is 0.258 e. The lowest BCUT2D eigenvalue weighted by atomic mass is 10.1. The predicted molar refractivity (Wildman–Crippen MR) is 83.4 cm³/mol. The highest BCUT2D eigenvalue weighted by Gasteiger charge is 2.28. The Labute approximate surface area is 122 Å². The highest BCUT2D eigenvalue weighted by atomic mass is 16.2. The molecule has 2 aromatic carbocycles. The van der Waals surface area contributed by atoms with Crippen LogP contribution in [0.1, 0.15) is 21.5 Å². The van der Waals surface area contributed by atoms with Crippen LogP contribution < -0.4 is 4.90 Å². The van der Waals surface area contributed by atoms with Gasteiger partial charge in [-0.1, -0.05) is 29.8 Å². The van der Waals surface area contributed by atoms with Gasteiger partial charge in [0.25, 0.3) is 5.91 Å². The van der Waals surface area contributed by atoms with Gasteiger partial charge in [0.05, 0.1) is 12.1 Å². The van der Waals surface area contributed by atoms with Crippen molar-refractivity contribution in [2.45, 2.75) is 13.5 Å². The van der Waals surface area contributed by atoms with Crippen molar-refractivity contribution in [2.75, 3.05) is 4.90 Å². The highest BCUT2D eigenvalue weighted by molar-refractivity contribution is 6.10. The summed E-state index contributed by atoms with van der Waals surface area (Å²) in [5.41, 5.74) is 4.84. The summed E-state index contributed by atoms with van der Waals surface area (Å²) in [5.74, 6) is 0.0731. The second kappa shape index (κ2) is 4.42. The normalized spacial score (nSPS) is 13.8. The quantitative estimate of drug-likeness (QED) is 0.678. The number of fused-ring (bicyclic) bond motifs is 2. The molecule has 0 radical (unpaired) electrons. The van der Waals surface area contributed by atoms with E-state index < -0.39 is 0 Å². The molecule has 1 aliphatic heterocycles. The van der Waals surface area contributed by atoms with Gasteiger partial charge in [0.15, 0.2) is 0 Å². The standard InChI is InChI=1S/C18H14N2O/c1-12-4-5-14-11-20(18(21)16(14)9-12)15-7-6-13-3-2-8-19-17(13)10-15/h2-10H,11H2,1H3. The molecule has 3 nitrogen and oxygen atoms in total. The SMILES string of the molecule is Cc1ccc2c(c1)C(=O)N(c1ccc3cccnc3c1)C2. The van der Waals surface area contributed by atoms with E-state index in [1.807, 2.05) is 54.3 Å². The zero-order valence-electron chi connectivity index (χ0n) is 11.7. The van der Waals surface area contributed by atoms with E-state index in [1.54, 1.807) is 6.20 Å². The van der Waals surface area contributed by atoms with Crippen LogP contribution >= 0.6 is 0 Å². The first-order valence-electron chi connectivity index (χ1n) is 6.98. The number of anilines is 1. The minimum atomic E-state index is 0.0731. The summed E-state index contributed by atoms with van der Waals surface area (Å²) >= 11 is 0. The number of rotatable bonds is 1. The van der Waals surface area contributed by atoms with E-state index in [9.17, 15) is 4.79 Å². The van der Waals surface area contributed by atoms with Gasteiger partial charge >= 0.3 is 0 Å². The third-order valence-corrected chi connectivity index (χ3v) is 3.97. The van der Waals surface area contributed by atoms with Gasteiger partial charge in [0, 0.05) is 22.8 Å². The van der Waals surface area contributed by atoms with E-state index >= 15 is 0 Å². The molecule has 1 aliphatic rings. The molecule has 0 saturated heterocycles. The van der Waals surface area contributed by atoms with Crippen LogP contribution in [0, 0.1) is 6.92 Å². The molecule has 102 valence electrons. The van der Waals surface area contributed by atoms with Gasteiger partial charge in [-0.05, 0) is 36.8 Å². The average molecular weight is 274 g/mol. The molecule has 0 spiro atoms. The molecule has 1 amide bonds. The van der Waals surface area contributed by atoms with Crippen LogP contribution in [0.4, 0.5) is 5.69 Å². The molecule has 0 N–H and O–H groups in total. The predicted octanol–water partition coefficient (Wildman–Crippen LogP) is 3.70. The van der Waals surface area contributed by atoms with Crippen molar-refractivity contribution in [3.8, 4) is 0 Å². The van der Waals surface area contributed by atoms with E-state index in [4.69, 9.17) is 0 Å². The highest BCUT2D eigenvalue weighted by Crippen LogP contribution is 2.30. The number of carbonyl (C=O) groups excluding carboxylic acids is 1. The molecule has 1 aromatic heterocycles. The summed E-state index contributed by atoms with van der Waals surface area (Å²) in [5, 5.41) is 1.08. The number of aromatic nitrogens is 1. The third kappa shape index (κ3) is 1.89. The largest absolute Gasteiger partial charge is 0.304 e. The van der Waals surface area contributed by atoms with Gasteiger partial charge in [-0.25, -0.2) is 0 Å². The fraction of sp³-hybridized carbons (Fsp3) is 0.111. The molecule has 0 atom stereocenters. The van der Waals surface area contributed by atoms with Crippen LogP contribution in [0.15, 0.2) is 54.7 Å². The van der Waals surface area contributed by atoms with Crippen molar-refractivity contribution in [3.05, 3.63) is 71.4 Å². The third-order valence-electron chi connectivity index (χ3n) is 3.97. The lowest BCUT2D eigenvalue weighted by Gasteiger charge is -2.16. The van der Waals surface area contributed by atoms with Crippen LogP contribution in [0.2, 0.25) is 0 Å². The molecule has 0 unspecified atom stereocenters. The van der Waals surface area contributed by atoms with Crippen LogP contribution in [-0.4, -0.2) is 10.9 Å². The Morgan fingerprint density at radius 3 is 2.90 bits per heavy atom. The molecular formula is C18H14N2O. The molecule has 0 saturated carbocycles. The number of carbonyl (C=O) groups is 1. The second-order valence-electron chi connectivity index (χ2n) is 5.43. The Morgan fingerprint density at radius 2 is 2.00 bits per heavy atom. The van der Waals surface area contributed by atoms with Crippen molar-refractivity contribution in [3.63, 3.8) is 0 Å². The van der Waals surface area contributed by atoms with E-state index in [0.29, 0.717) is 6.54 Å². The van der Waals surface area contributed by atoms with Crippen molar-refractivity contribution >= 4 is 22.5 Å². The smallest absolute Gasteiger partial charge is 0.258 e. The van der Waals surface area contributed by atoms with Gasteiger partial charge in [0.1, 0.15) is 0 Å². The molecule has 0 aliphatic carbocycles. The topological polar surface area (TPSA) is 33.2 Å². The van der Waals surface area contributed by atoms with Crippen molar-refractivity contribution in [1.82, 2.24) is 4.98 Å². The summed E-state index contributed by atoms with van der Waals surface area (Å²) in [4.78, 5) is 18.8. The number of amides is 1. The summed E-state index contributed by atoms with van der Waals surface area (Å²) in [6.45, 7) is 2.64. The van der Waals surface area contributed by atoms with Crippen LogP contribution in [-0.2, 0) is 6.54 Å². The van der Waals surface area contributed by atoms with Crippen LogP contribution in [0.25, 0.3) is 10.9 Å². The molecule has 3 aromatic rings. The fourth-order valence-electron chi connectivity index (χ4n) is 2.85. The molecule has 0 bridgehead atoms. The van der Waals surface area contributed by atoms with E-state index in [-0.39, 0.29) is 5.91 Å². The summed E-state index contributed by atoms with van der Waals surface area (Å²) < 4.78 is 0. The Hall–Kier alpha value is -2.68. The Bertz CT molecular complexity index is 870. The first-order valence-corrected chi connectivity index (χ1v) is 6.98. The molecular weight excluding hydrogens is 260 g/mol. The minimum absolute atomic E-state index is 0.0731. The van der Waals surface area contributed by atoms with Crippen LogP contribution in [0.5, 0.6) is 0 Å². The number of nitrogens with zero attached hydrogens (tertiary/aromatic N) is 2. The van der Waals surface area contributed by atoms with E-state index in [2.05, 4.69) is 11.1 Å². The van der Waals surface area contributed by atoms with E-state index in [0.717, 1.165) is 33.3 Å². The van der Waals surface area contributed by atoms with Crippen molar-refractivity contribution in [1.29, 1.82) is 0 Å². The first-order chi connectivity index (χ1) is 10.2. The Kier molecular flexibility index (Phi) is 2.54. The zero-order valence-corrected chi connectivity index (χ0v) is 11.7. The molecule has 21 heavy (non-hydrogen) atoms. The van der Waals surface area contributed by atoms with Crippen molar-refractivity contribution < 1.29 is 4.79 Å². The average Bonchev–Trinajstić information content (AvgIpc) is 2.84. The lowest BCUT2D eigenvalue weighted by molar-refractivity contribution is 0.0996. The number of hydrogen-bond donors (Lipinski definition) is 0. The number of aryl methyl sites for hydroxylation is 1. The van der Waals surface area contributed by atoms with Crippen molar-refractivity contribution in [2.24, 2.45) is 0 Å². The van der Waals surface area contributed by atoms with Gasteiger partial charge < -0.3 is 4.90 Å². The first kappa shape index (κ1) is 12.1.